The zero-order valence-corrected chi connectivity index (χ0v) is 74.7. The quantitative estimate of drug-likeness (QED) is 0.0591. The van der Waals surface area contributed by atoms with E-state index in [2.05, 4.69) is 252 Å². The van der Waals surface area contributed by atoms with Gasteiger partial charge >= 0.3 is 18.3 Å². The van der Waals surface area contributed by atoms with Crippen LogP contribution in [0.3, 0.4) is 0 Å². The van der Waals surface area contributed by atoms with Gasteiger partial charge in [-0.2, -0.15) is 0 Å². The predicted octanol–water partition coefficient (Wildman–Crippen LogP) is 14.0. The number of amides is 3. The average molecular weight is 1800 g/mol. The number of pyridine rings is 5. The van der Waals surface area contributed by atoms with Crippen molar-refractivity contribution < 1.29 is 55.5 Å². The third kappa shape index (κ3) is 32.9. The summed E-state index contributed by atoms with van der Waals surface area (Å²) in [5.41, 5.74) is 5.32. The summed E-state index contributed by atoms with van der Waals surface area (Å²) in [6, 6.07) is 95.0. The standard InChI is InChI=1S/C24H21NP.C18H15P.C14H20N2O2.C14H18N2O2.C9H12N2.C8H13NO3.C6H6BrN.CH4O.2BrH/c1-4-13-22(14-5-1)26(23-15-6-2-7-16-23,24-17-8-3-9-18-24)20-21-12-10-11-19-25-21;1-4-10-16(11-5-1)19(17-12-6-2-7-13-17)18-14-8-3-9-15-18;2*1-14(2,3)18-13(17)16-9-11(10-16)8-12-6-4-5-7-15-12;1-2-4-11-9(3-1)5-8-6-10-7-8;1-8(2,3)12-7(11)9-4-6(10)5-9;7-5-6-3-1-2-4-8-6;1-2;;/h1-19H,20H2;1-15H;4-7,11H,8-10H2,1-3H3;4-8H,9-10H2,1-3H3;1-4,8,10H,5-7H2;4-5H2,1-3H3;1-4H,5H2;2H,1H3;2*1H/q+1;;;;;;;;;/p-1. The first-order valence-corrected chi connectivity index (χ1v) is 42.8. The molecule has 0 radical (unpaired) electrons. The number of carbonyl (C=O) groups is 4. The van der Waals surface area contributed by atoms with Crippen LogP contribution in [-0.4, -0.2) is 145 Å². The third-order valence-electron chi connectivity index (χ3n) is 17.4. The van der Waals surface area contributed by atoms with Crippen molar-refractivity contribution in [3.05, 3.63) is 338 Å². The van der Waals surface area contributed by atoms with Crippen molar-refractivity contribution in [1.82, 2.24) is 44.9 Å². The van der Waals surface area contributed by atoms with Crippen molar-refractivity contribution in [2.45, 2.75) is 103 Å². The van der Waals surface area contributed by atoms with Gasteiger partial charge in [0, 0.05) is 81.0 Å². The molecule has 0 saturated carbocycles. The molecule has 0 aliphatic carbocycles. The molecule has 17 nitrogen and oxygen atoms in total. The van der Waals surface area contributed by atoms with Crippen molar-refractivity contribution in [3.8, 4) is 0 Å². The first-order valence-electron chi connectivity index (χ1n) is 38.4. The fraction of sp³-hybridized carbons (Fsp3) is 0.287. The molecular weight excluding hydrogens is 1680 g/mol. The summed E-state index contributed by atoms with van der Waals surface area (Å²) < 4.78 is 15.6. The van der Waals surface area contributed by atoms with Crippen molar-refractivity contribution in [2.75, 3.05) is 59.5 Å². The Kier molecular flexibility index (Phi) is 40.7. The van der Waals surface area contributed by atoms with Crippen LogP contribution >= 0.6 is 48.1 Å². The van der Waals surface area contributed by atoms with Gasteiger partial charge in [-0.15, -0.1) is 17.0 Å². The van der Waals surface area contributed by atoms with Crippen LogP contribution in [0.1, 0.15) is 90.8 Å². The topological polar surface area (TPSA) is 202 Å². The number of carbonyl (C=O) groups excluding carboxylic acids is 4. The number of hydrogen-bond donors (Lipinski definition) is 2. The van der Waals surface area contributed by atoms with Crippen molar-refractivity contribution in [2.24, 2.45) is 11.8 Å². The molecule has 4 saturated heterocycles. The molecular formula is C94H110Br3N9O8P2. The lowest BCUT2D eigenvalue weighted by molar-refractivity contribution is -0.128. The fourth-order valence-electron chi connectivity index (χ4n) is 12.0. The number of ether oxygens (including phenoxy) is 3. The lowest BCUT2D eigenvalue weighted by atomic mass is 9.95. The van der Waals surface area contributed by atoms with Gasteiger partial charge < -0.3 is 51.4 Å². The molecule has 11 aromatic rings. The number of likely N-dealkylation sites (tertiary alicyclic amines) is 3. The monoisotopic (exact) mass is 1790 g/mol. The maximum absolute atomic E-state index is 11.7. The normalized spacial score (nSPS) is 13.3. The van der Waals surface area contributed by atoms with E-state index >= 15 is 0 Å². The maximum Gasteiger partial charge on any atom is 0.411 e. The van der Waals surface area contributed by atoms with Gasteiger partial charge in [-0.3, -0.25) is 34.6 Å². The number of ketones is 1. The number of Topliss-reactive ketones (excluding diaryl/α,β-unsaturated/α-hetero) is 1. The largest absolute Gasteiger partial charge is 1.00 e. The molecule has 22 heteroatoms. The zero-order chi connectivity index (χ0) is 81.6. The van der Waals surface area contributed by atoms with E-state index in [-0.39, 0.29) is 65.0 Å². The maximum atomic E-state index is 11.7. The first kappa shape index (κ1) is 95.4. The molecule has 116 heavy (non-hydrogen) atoms. The minimum atomic E-state index is -1.84. The number of aliphatic hydroxyl groups is 1. The highest BCUT2D eigenvalue weighted by Crippen LogP contribution is 2.58. The molecule has 4 aliphatic heterocycles. The number of nitrogens with one attached hydrogen (secondary N) is 1. The summed E-state index contributed by atoms with van der Waals surface area (Å²) in [4.78, 5) is 71.4. The Balaban J connectivity index is 0.000000214. The van der Waals surface area contributed by atoms with Crippen LogP contribution in [0.5, 0.6) is 0 Å². The summed E-state index contributed by atoms with van der Waals surface area (Å²) in [6.07, 6.45) is 13.3. The molecule has 0 bridgehead atoms. The van der Waals surface area contributed by atoms with Gasteiger partial charge in [0.05, 0.1) is 30.2 Å². The van der Waals surface area contributed by atoms with E-state index in [9.17, 15) is 19.2 Å². The third-order valence-corrected chi connectivity index (χ3v) is 24.8. The fourth-order valence-corrected chi connectivity index (χ4v) is 18.7. The van der Waals surface area contributed by atoms with Crippen LogP contribution in [0.15, 0.2) is 310 Å². The molecule has 2 N–H and O–H groups in total. The second-order valence-electron chi connectivity index (χ2n) is 30.2. The van der Waals surface area contributed by atoms with Crippen LogP contribution in [0.2, 0.25) is 0 Å². The van der Waals surface area contributed by atoms with Gasteiger partial charge in [-0.1, -0.05) is 192 Å². The smallest absolute Gasteiger partial charge is 0.411 e. The lowest BCUT2D eigenvalue weighted by Crippen LogP contribution is -3.00. The molecule has 6 aromatic carbocycles. The molecule has 4 aliphatic rings. The van der Waals surface area contributed by atoms with E-state index in [1.807, 2.05) is 127 Å². The molecule has 3 amide bonds. The number of alkyl halides is 1. The number of halogens is 3. The Morgan fingerprint density at radius 3 is 1.04 bits per heavy atom. The second-order valence-corrected chi connectivity index (χ2v) is 36.5. The Hall–Kier alpha value is -9.49. The van der Waals surface area contributed by atoms with E-state index < -0.39 is 38.1 Å². The molecule has 4 fully saturated rings. The van der Waals surface area contributed by atoms with E-state index in [0.29, 0.717) is 19.0 Å². The molecule has 0 unspecified atom stereocenters. The molecule has 15 rings (SSSR count). The summed E-state index contributed by atoms with van der Waals surface area (Å²) in [7, 11) is -1.28. The number of aliphatic hydroxyl groups excluding tert-OH is 1. The van der Waals surface area contributed by atoms with Gasteiger partial charge in [0.1, 0.15) is 46.1 Å². The van der Waals surface area contributed by atoms with Gasteiger partial charge in [-0.25, -0.2) is 14.4 Å². The predicted molar refractivity (Wildman–Crippen MR) is 480 cm³/mol. The Morgan fingerprint density at radius 1 is 0.431 bits per heavy atom. The number of rotatable bonds is 14. The summed E-state index contributed by atoms with van der Waals surface area (Å²) in [6.45, 7) is 22.2. The molecule has 5 aromatic heterocycles. The summed E-state index contributed by atoms with van der Waals surface area (Å²) in [5.74, 6) is 1.41. The van der Waals surface area contributed by atoms with Crippen LogP contribution in [0.4, 0.5) is 14.4 Å². The van der Waals surface area contributed by atoms with Gasteiger partial charge in [0.15, 0.2) is 5.78 Å². The molecule has 610 valence electrons. The minimum Gasteiger partial charge on any atom is -1.00 e. The number of hydrogen-bond acceptors (Lipinski definition) is 14. The SMILES string of the molecule is Br.BrCc1ccccn1.CC(C)(C)OC(=O)N1CC(=Cc2ccccn2)C1.CC(C)(C)OC(=O)N1CC(=O)C1.CC(C)(C)OC(=O)N1CC(Cc2ccccn2)C1.CO.[Br-].c1ccc(CC2CNC2)nc1.c1ccc(P(c2ccccc2)c2ccccc2)cc1.c1ccc([P+](Cc2ccccn2)(c2ccccc2)c2ccccc2)cc1. The van der Waals surface area contributed by atoms with E-state index in [4.69, 9.17) is 19.3 Å². The van der Waals surface area contributed by atoms with Crippen molar-refractivity contribution in [1.29, 1.82) is 0 Å². The van der Waals surface area contributed by atoms with Crippen molar-refractivity contribution in [3.63, 3.8) is 0 Å². The highest BCUT2D eigenvalue weighted by atomic mass is 79.9. The van der Waals surface area contributed by atoms with E-state index in [1.165, 1.54) is 48.0 Å². The summed E-state index contributed by atoms with van der Waals surface area (Å²) in [5, 5.41) is 19.5. The number of nitrogens with zero attached hydrogens (tertiary/aromatic N) is 8. The van der Waals surface area contributed by atoms with Crippen LogP contribution in [0, 0.1) is 11.8 Å². The lowest BCUT2D eigenvalue weighted by Gasteiger charge is -2.39. The minimum absolute atomic E-state index is 0. The van der Waals surface area contributed by atoms with Gasteiger partial charge in [-0.05, 0) is 233 Å². The van der Waals surface area contributed by atoms with Gasteiger partial charge in [0.2, 0.25) is 0 Å². The van der Waals surface area contributed by atoms with Gasteiger partial charge in [0.25, 0.3) is 0 Å². The van der Waals surface area contributed by atoms with Crippen molar-refractivity contribution >= 4 is 110 Å². The molecule has 0 spiro atoms. The second kappa shape index (κ2) is 49.5. The van der Waals surface area contributed by atoms with Crippen LogP contribution in [-0.2, 0) is 43.3 Å². The average Bonchev–Trinajstić information content (AvgIpc) is 0.752. The highest BCUT2D eigenvalue weighted by molar-refractivity contribution is 9.08. The number of benzene rings is 6. The zero-order valence-electron chi connectivity index (χ0n) is 68.0. The van der Waals surface area contributed by atoms with E-state index in [0.717, 1.165) is 86.3 Å². The summed E-state index contributed by atoms with van der Waals surface area (Å²) >= 11 is 3.29. The Morgan fingerprint density at radius 2 is 0.741 bits per heavy atom. The molecule has 0 atom stereocenters. The van der Waals surface area contributed by atoms with Crippen LogP contribution in [0.25, 0.3) is 6.08 Å². The van der Waals surface area contributed by atoms with Crippen LogP contribution < -0.4 is 54.1 Å². The molecule has 9 heterocycles. The number of aromatic nitrogens is 5. The Labute approximate surface area is 718 Å². The highest BCUT2D eigenvalue weighted by Gasteiger charge is 2.46. The van der Waals surface area contributed by atoms with E-state index in [1.54, 1.807) is 49.2 Å². The Bertz CT molecular complexity index is 4400. The first-order chi connectivity index (χ1) is 55.0.